The van der Waals surface area contributed by atoms with Gasteiger partial charge in [-0.3, -0.25) is 0 Å². The fraction of sp³-hybridized carbons (Fsp3) is 0.550. The molecule has 2 unspecified atom stereocenters. The van der Waals surface area contributed by atoms with Crippen LogP contribution in [0.3, 0.4) is 0 Å². The predicted octanol–water partition coefficient (Wildman–Crippen LogP) is 2.75. The maximum atomic E-state index is 12.5. The molecule has 25 heavy (non-hydrogen) atoms. The normalized spacial score (nSPS) is 21.0. The minimum absolute atomic E-state index is 0.0795. The van der Waals surface area contributed by atoms with E-state index < -0.39 is 0 Å². The summed E-state index contributed by atoms with van der Waals surface area (Å²) in [7, 11) is 1.77. The van der Waals surface area contributed by atoms with Gasteiger partial charge in [0.05, 0.1) is 6.10 Å². The summed E-state index contributed by atoms with van der Waals surface area (Å²) in [5, 5.41) is 14.5. The van der Waals surface area contributed by atoms with Gasteiger partial charge >= 0.3 is 6.03 Å². The van der Waals surface area contributed by atoms with E-state index in [1.165, 1.54) is 27.7 Å². The number of likely N-dealkylation sites (N-methyl/N-ethyl adjacent to an activating group) is 1. The number of carbonyl (C=O) groups excluding carboxylic acids is 1. The summed E-state index contributed by atoms with van der Waals surface area (Å²) >= 11 is 0. The number of urea groups is 1. The number of nitrogens with one attached hydrogen (secondary N) is 2. The largest absolute Gasteiger partial charge is 0.391 e. The van der Waals surface area contributed by atoms with E-state index in [0.29, 0.717) is 12.5 Å². The van der Waals surface area contributed by atoms with Crippen molar-refractivity contribution < 1.29 is 9.90 Å². The van der Waals surface area contributed by atoms with Crippen LogP contribution < -0.4 is 5.32 Å². The van der Waals surface area contributed by atoms with Crippen molar-refractivity contribution in [2.24, 2.45) is 5.92 Å². The van der Waals surface area contributed by atoms with Crippen LogP contribution in [0, 0.1) is 12.8 Å². The Morgan fingerprint density at radius 2 is 2.20 bits per heavy atom. The Bertz CT molecular complexity index is 794. The SMILES string of the molecule is Cc1ccc2[nH]c3c(c2c1)CC(NC(=O)N(C)CC(O)C1CC1)CC3. The molecular formula is C20H27N3O2. The number of aliphatic hydroxyl groups excluding tert-OH is 1. The van der Waals surface area contributed by atoms with Crippen LogP contribution in [0.25, 0.3) is 10.9 Å². The first-order chi connectivity index (χ1) is 12.0. The summed E-state index contributed by atoms with van der Waals surface area (Å²) in [5.74, 6) is 0.391. The molecule has 0 bridgehead atoms. The third-order valence-electron chi connectivity index (χ3n) is 5.64. The van der Waals surface area contributed by atoms with Gasteiger partial charge in [-0.1, -0.05) is 11.6 Å². The van der Waals surface area contributed by atoms with Crippen molar-refractivity contribution in [2.45, 2.75) is 51.2 Å². The number of rotatable bonds is 4. The Kier molecular flexibility index (Phi) is 4.20. The van der Waals surface area contributed by atoms with E-state index in [4.69, 9.17) is 0 Å². The van der Waals surface area contributed by atoms with Gasteiger partial charge < -0.3 is 20.3 Å². The van der Waals surface area contributed by atoms with Crippen LogP contribution >= 0.6 is 0 Å². The highest BCUT2D eigenvalue weighted by Gasteiger charge is 2.31. The summed E-state index contributed by atoms with van der Waals surface area (Å²) in [5.41, 5.74) is 5.10. The summed E-state index contributed by atoms with van der Waals surface area (Å²) in [6, 6.07) is 6.57. The van der Waals surface area contributed by atoms with Crippen molar-refractivity contribution in [1.29, 1.82) is 0 Å². The zero-order valence-corrected chi connectivity index (χ0v) is 15.0. The molecular weight excluding hydrogens is 314 g/mol. The van der Waals surface area contributed by atoms with E-state index in [2.05, 4.69) is 35.4 Å². The smallest absolute Gasteiger partial charge is 0.317 e. The van der Waals surface area contributed by atoms with Gasteiger partial charge in [-0.05, 0) is 62.6 Å². The number of benzene rings is 1. The molecule has 0 radical (unpaired) electrons. The van der Waals surface area contributed by atoms with E-state index in [1.54, 1.807) is 11.9 Å². The van der Waals surface area contributed by atoms with Crippen molar-refractivity contribution in [3.05, 3.63) is 35.0 Å². The fourth-order valence-electron chi connectivity index (χ4n) is 3.93. The Morgan fingerprint density at radius 1 is 1.40 bits per heavy atom. The molecule has 5 heteroatoms. The van der Waals surface area contributed by atoms with Gasteiger partial charge in [0.25, 0.3) is 0 Å². The Hall–Kier alpha value is -2.01. The number of aromatic nitrogens is 1. The molecule has 134 valence electrons. The summed E-state index contributed by atoms with van der Waals surface area (Å²) in [6.07, 6.45) is 4.56. The van der Waals surface area contributed by atoms with Crippen LogP contribution in [0.4, 0.5) is 4.79 Å². The van der Waals surface area contributed by atoms with Gasteiger partial charge in [-0.15, -0.1) is 0 Å². The predicted molar refractivity (Wildman–Crippen MR) is 98.7 cm³/mol. The van der Waals surface area contributed by atoms with Gasteiger partial charge in [0.15, 0.2) is 0 Å². The molecule has 0 aliphatic heterocycles. The van der Waals surface area contributed by atoms with Crippen molar-refractivity contribution in [3.8, 4) is 0 Å². The molecule has 0 saturated heterocycles. The van der Waals surface area contributed by atoms with Crippen LogP contribution in [0.5, 0.6) is 0 Å². The average molecular weight is 341 g/mol. The highest BCUT2D eigenvalue weighted by atomic mass is 16.3. The van der Waals surface area contributed by atoms with Gasteiger partial charge in [0, 0.05) is 36.2 Å². The van der Waals surface area contributed by atoms with Crippen LogP contribution in [0.1, 0.15) is 36.1 Å². The molecule has 4 rings (SSSR count). The molecule has 2 aliphatic carbocycles. The number of aliphatic hydroxyl groups is 1. The molecule has 2 amide bonds. The van der Waals surface area contributed by atoms with Gasteiger partial charge in [0.1, 0.15) is 0 Å². The first-order valence-corrected chi connectivity index (χ1v) is 9.31. The number of amides is 2. The van der Waals surface area contributed by atoms with Crippen LogP contribution in [0.15, 0.2) is 18.2 Å². The number of hydrogen-bond acceptors (Lipinski definition) is 2. The second kappa shape index (κ2) is 6.37. The number of carbonyl (C=O) groups is 1. The minimum Gasteiger partial charge on any atom is -0.391 e. The summed E-state index contributed by atoms with van der Waals surface area (Å²) < 4.78 is 0. The van der Waals surface area contributed by atoms with Gasteiger partial charge in [-0.25, -0.2) is 4.79 Å². The highest BCUT2D eigenvalue weighted by molar-refractivity contribution is 5.86. The van der Waals surface area contributed by atoms with Crippen molar-refractivity contribution in [2.75, 3.05) is 13.6 Å². The third-order valence-corrected chi connectivity index (χ3v) is 5.64. The lowest BCUT2D eigenvalue weighted by atomic mass is 9.91. The van der Waals surface area contributed by atoms with Crippen LogP contribution in [0.2, 0.25) is 0 Å². The van der Waals surface area contributed by atoms with Crippen LogP contribution in [-0.4, -0.2) is 46.8 Å². The lowest BCUT2D eigenvalue weighted by Gasteiger charge is -2.27. The van der Waals surface area contributed by atoms with E-state index in [9.17, 15) is 9.90 Å². The van der Waals surface area contributed by atoms with E-state index in [-0.39, 0.29) is 18.2 Å². The minimum atomic E-state index is -0.384. The number of fused-ring (bicyclic) bond motifs is 3. The average Bonchev–Trinajstić information content (AvgIpc) is 3.37. The lowest BCUT2D eigenvalue weighted by Crippen LogP contribution is -2.47. The molecule has 1 heterocycles. The second-order valence-electron chi connectivity index (χ2n) is 7.81. The van der Waals surface area contributed by atoms with E-state index in [1.807, 2.05) is 0 Å². The topological polar surface area (TPSA) is 68.4 Å². The molecule has 0 spiro atoms. The molecule has 1 aromatic heterocycles. The quantitative estimate of drug-likeness (QED) is 0.800. The molecule has 2 aromatic rings. The molecule has 1 saturated carbocycles. The zero-order chi connectivity index (χ0) is 17.6. The monoisotopic (exact) mass is 341 g/mol. The van der Waals surface area contributed by atoms with E-state index >= 15 is 0 Å². The zero-order valence-electron chi connectivity index (χ0n) is 15.0. The Labute approximate surface area is 148 Å². The number of aryl methyl sites for hydroxylation is 2. The highest BCUT2D eigenvalue weighted by Crippen LogP contribution is 2.33. The van der Waals surface area contributed by atoms with Crippen LogP contribution in [-0.2, 0) is 12.8 Å². The Balaban J connectivity index is 1.42. The standard InChI is InChI=1S/C20H27N3O2/c1-12-3-7-17-15(9-12)16-10-14(6-8-18(16)22-17)21-20(25)23(2)11-19(24)13-4-5-13/h3,7,9,13-14,19,22,24H,4-6,8,10-11H2,1-2H3,(H,21,25). The Morgan fingerprint density at radius 3 is 2.96 bits per heavy atom. The molecule has 5 nitrogen and oxygen atoms in total. The number of H-pyrrole nitrogens is 1. The van der Waals surface area contributed by atoms with Gasteiger partial charge in [-0.2, -0.15) is 0 Å². The molecule has 2 atom stereocenters. The molecule has 3 N–H and O–H groups in total. The first-order valence-electron chi connectivity index (χ1n) is 9.31. The first kappa shape index (κ1) is 16.5. The second-order valence-corrected chi connectivity index (χ2v) is 7.81. The maximum Gasteiger partial charge on any atom is 0.317 e. The fourth-order valence-corrected chi connectivity index (χ4v) is 3.93. The number of aromatic amines is 1. The molecule has 2 aliphatic rings. The lowest BCUT2D eigenvalue weighted by molar-refractivity contribution is 0.112. The molecule has 1 aromatic carbocycles. The summed E-state index contributed by atoms with van der Waals surface area (Å²) in [6.45, 7) is 2.53. The summed E-state index contributed by atoms with van der Waals surface area (Å²) in [4.78, 5) is 17.6. The maximum absolute atomic E-state index is 12.5. The molecule has 1 fully saturated rings. The van der Waals surface area contributed by atoms with Crippen molar-refractivity contribution >= 4 is 16.9 Å². The van der Waals surface area contributed by atoms with Gasteiger partial charge in [0.2, 0.25) is 0 Å². The van der Waals surface area contributed by atoms with Crippen molar-refractivity contribution in [3.63, 3.8) is 0 Å². The van der Waals surface area contributed by atoms with Crippen molar-refractivity contribution in [1.82, 2.24) is 15.2 Å². The van der Waals surface area contributed by atoms with E-state index in [0.717, 1.165) is 32.1 Å². The number of nitrogens with zero attached hydrogens (tertiary/aromatic N) is 1. The number of hydrogen-bond donors (Lipinski definition) is 3. The third kappa shape index (κ3) is 3.38.